The van der Waals surface area contributed by atoms with Crippen molar-refractivity contribution in [3.8, 4) is 5.75 Å². The smallest absolute Gasteiger partial charge is 0.133 e. The molecule has 0 aliphatic rings. The number of nitrogens with two attached hydrogens (primary N) is 1. The van der Waals surface area contributed by atoms with Gasteiger partial charge in [0.15, 0.2) is 0 Å². The predicted molar refractivity (Wildman–Crippen MR) is 73.1 cm³/mol. The van der Waals surface area contributed by atoms with Crippen LogP contribution < -0.4 is 10.5 Å². The van der Waals surface area contributed by atoms with Crippen molar-refractivity contribution in [2.75, 3.05) is 13.7 Å². The highest BCUT2D eigenvalue weighted by atomic mass is 79.9. The molecule has 0 amide bonds. The summed E-state index contributed by atoms with van der Waals surface area (Å²) in [5.74, 6) is 0.876. The summed E-state index contributed by atoms with van der Waals surface area (Å²) >= 11 is 3.42. The number of aliphatic hydroxyl groups is 1. The van der Waals surface area contributed by atoms with Crippen molar-refractivity contribution in [3.05, 3.63) is 28.2 Å². The zero-order valence-corrected chi connectivity index (χ0v) is 11.9. The van der Waals surface area contributed by atoms with Crippen molar-refractivity contribution in [2.24, 2.45) is 11.7 Å². The Morgan fingerprint density at radius 3 is 2.65 bits per heavy atom. The molecule has 1 aromatic rings. The Balaban J connectivity index is 2.87. The minimum absolute atomic E-state index is 0.111. The van der Waals surface area contributed by atoms with Gasteiger partial charge in [0.2, 0.25) is 0 Å². The molecule has 0 saturated carbocycles. The molecule has 17 heavy (non-hydrogen) atoms. The molecule has 0 spiro atoms. The van der Waals surface area contributed by atoms with Gasteiger partial charge < -0.3 is 15.6 Å². The molecule has 0 aromatic heterocycles. The maximum absolute atomic E-state index is 10.3. The SMILES string of the molecule is CCCC(CN)C(O)c1ccc(OC)c(Br)c1. The largest absolute Gasteiger partial charge is 0.496 e. The number of methoxy groups -OCH3 is 1. The number of hydrogen-bond donors (Lipinski definition) is 2. The lowest BCUT2D eigenvalue weighted by molar-refractivity contribution is 0.106. The number of benzene rings is 1. The van der Waals surface area contributed by atoms with E-state index < -0.39 is 6.10 Å². The zero-order chi connectivity index (χ0) is 12.8. The number of hydrogen-bond acceptors (Lipinski definition) is 3. The first-order valence-electron chi connectivity index (χ1n) is 5.85. The summed E-state index contributed by atoms with van der Waals surface area (Å²) in [7, 11) is 1.62. The molecule has 2 atom stereocenters. The molecule has 1 aromatic carbocycles. The average Bonchev–Trinajstić information content (AvgIpc) is 2.35. The lowest BCUT2D eigenvalue weighted by atomic mass is 9.92. The standard InChI is InChI=1S/C13H20BrNO2/c1-3-4-10(8-15)13(16)9-5-6-12(17-2)11(14)7-9/h5-7,10,13,16H,3-4,8,15H2,1-2H3. The van der Waals surface area contributed by atoms with Crippen LogP contribution >= 0.6 is 15.9 Å². The number of ether oxygens (including phenoxy) is 1. The van der Waals surface area contributed by atoms with E-state index in [9.17, 15) is 5.11 Å². The second-order valence-corrected chi connectivity index (χ2v) is 4.98. The van der Waals surface area contributed by atoms with Gasteiger partial charge in [0, 0.05) is 5.92 Å². The highest BCUT2D eigenvalue weighted by Gasteiger charge is 2.19. The van der Waals surface area contributed by atoms with Crippen LogP contribution in [0.1, 0.15) is 31.4 Å². The Bertz CT molecular complexity index is 357. The Kier molecular flexibility index (Phi) is 5.95. The molecule has 0 fully saturated rings. The Morgan fingerprint density at radius 1 is 1.47 bits per heavy atom. The fourth-order valence-corrected chi connectivity index (χ4v) is 2.47. The maximum atomic E-state index is 10.3. The van der Waals surface area contributed by atoms with Gasteiger partial charge in [-0.15, -0.1) is 0 Å². The van der Waals surface area contributed by atoms with Crippen molar-refractivity contribution in [2.45, 2.75) is 25.9 Å². The fourth-order valence-electron chi connectivity index (χ4n) is 1.91. The van der Waals surface area contributed by atoms with E-state index in [4.69, 9.17) is 10.5 Å². The zero-order valence-electron chi connectivity index (χ0n) is 10.3. The van der Waals surface area contributed by atoms with E-state index >= 15 is 0 Å². The van der Waals surface area contributed by atoms with E-state index in [-0.39, 0.29) is 5.92 Å². The number of rotatable bonds is 6. The van der Waals surface area contributed by atoms with Crippen molar-refractivity contribution >= 4 is 15.9 Å². The average molecular weight is 302 g/mol. The van der Waals surface area contributed by atoms with Crippen molar-refractivity contribution in [1.29, 1.82) is 0 Å². The summed E-state index contributed by atoms with van der Waals surface area (Å²) in [6.07, 6.45) is 1.44. The quantitative estimate of drug-likeness (QED) is 0.849. The minimum atomic E-state index is -0.512. The van der Waals surface area contributed by atoms with Crippen LogP contribution in [0.15, 0.2) is 22.7 Å². The molecule has 0 saturated heterocycles. The van der Waals surface area contributed by atoms with Crippen LogP contribution in [-0.4, -0.2) is 18.8 Å². The summed E-state index contributed by atoms with van der Waals surface area (Å²) in [6, 6.07) is 5.62. The van der Waals surface area contributed by atoms with E-state index in [2.05, 4.69) is 22.9 Å². The van der Waals surface area contributed by atoms with Crippen molar-refractivity contribution in [1.82, 2.24) is 0 Å². The number of aliphatic hydroxyl groups excluding tert-OH is 1. The van der Waals surface area contributed by atoms with Gasteiger partial charge in [0.05, 0.1) is 17.7 Å². The van der Waals surface area contributed by atoms with Crippen molar-refractivity contribution < 1.29 is 9.84 Å². The summed E-state index contributed by atoms with van der Waals surface area (Å²) in [5, 5.41) is 10.3. The van der Waals surface area contributed by atoms with Gasteiger partial charge in [0.25, 0.3) is 0 Å². The van der Waals surface area contributed by atoms with E-state index in [1.807, 2.05) is 18.2 Å². The first-order chi connectivity index (χ1) is 8.13. The molecule has 3 N–H and O–H groups in total. The maximum Gasteiger partial charge on any atom is 0.133 e. The third-order valence-electron chi connectivity index (χ3n) is 2.93. The van der Waals surface area contributed by atoms with Crippen LogP contribution in [0.4, 0.5) is 0 Å². The molecule has 96 valence electrons. The number of halogens is 1. The van der Waals surface area contributed by atoms with Gasteiger partial charge in [-0.2, -0.15) is 0 Å². The first kappa shape index (κ1) is 14.5. The minimum Gasteiger partial charge on any atom is -0.496 e. The Morgan fingerprint density at radius 2 is 2.18 bits per heavy atom. The molecule has 1 rings (SSSR count). The molecule has 0 aliphatic carbocycles. The Labute approximate surface area is 111 Å². The fraction of sp³-hybridized carbons (Fsp3) is 0.538. The topological polar surface area (TPSA) is 55.5 Å². The van der Waals surface area contributed by atoms with Gasteiger partial charge in [-0.25, -0.2) is 0 Å². The molecule has 0 heterocycles. The molecule has 0 bridgehead atoms. The highest BCUT2D eigenvalue weighted by Crippen LogP contribution is 2.31. The van der Waals surface area contributed by atoms with Crippen LogP contribution in [0, 0.1) is 5.92 Å². The summed E-state index contributed by atoms with van der Waals surface area (Å²) in [4.78, 5) is 0. The normalized spacial score (nSPS) is 14.4. The second-order valence-electron chi connectivity index (χ2n) is 4.12. The van der Waals surface area contributed by atoms with Gasteiger partial charge >= 0.3 is 0 Å². The Hall–Kier alpha value is -0.580. The molecular formula is C13H20BrNO2. The van der Waals surface area contributed by atoms with Gasteiger partial charge in [0.1, 0.15) is 5.75 Å². The van der Waals surface area contributed by atoms with E-state index in [0.717, 1.165) is 28.6 Å². The summed E-state index contributed by atoms with van der Waals surface area (Å²) in [6.45, 7) is 2.60. The molecule has 0 aliphatic heterocycles. The molecule has 4 heteroatoms. The van der Waals surface area contributed by atoms with Gasteiger partial charge in [-0.05, 0) is 46.6 Å². The third kappa shape index (κ3) is 3.69. The van der Waals surface area contributed by atoms with Crippen LogP contribution in [0.2, 0.25) is 0 Å². The first-order valence-corrected chi connectivity index (χ1v) is 6.64. The van der Waals surface area contributed by atoms with E-state index in [1.165, 1.54) is 0 Å². The van der Waals surface area contributed by atoms with E-state index in [0.29, 0.717) is 6.54 Å². The molecule has 2 unspecified atom stereocenters. The predicted octanol–water partition coefficient (Wildman–Crippen LogP) is 2.87. The third-order valence-corrected chi connectivity index (χ3v) is 3.55. The highest BCUT2D eigenvalue weighted by molar-refractivity contribution is 9.10. The summed E-state index contributed by atoms with van der Waals surface area (Å²) in [5.41, 5.74) is 6.57. The van der Waals surface area contributed by atoms with Crippen LogP contribution in [0.3, 0.4) is 0 Å². The lowest BCUT2D eigenvalue weighted by Crippen LogP contribution is -2.21. The lowest BCUT2D eigenvalue weighted by Gasteiger charge is -2.21. The summed E-state index contributed by atoms with van der Waals surface area (Å²) < 4.78 is 6.01. The second kappa shape index (κ2) is 6.99. The molecule has 0 radical (unpaired) electrons. The molecular weight excluding hydrogens is 282 g/mol. The molecule has 3 nitrogen and oxygen atoms in total. The van der Waals surface area contributed by atoms with Crippen LogP contribution in [-0.2, 0) is 0 Å². The van der Waals surface area contributed by atoms with Crippen LogP contribution in [0.5, 0.6) is 5.75 Å². The van der Waals surface area contributed by atoms with Crippen molar-refractivity contribution in [3.63, 3.8) is 0 Å². The van der Waals surface area contributed by atoms with Gasteiger partial charge in [-0.1, -0.05) is 19.4 Å². The monoisotopic (exact) mass is 301 g/mol. The van der Waals surface area contributed by atoms with E-state index in [1.54, 1.807) is 7.11 Å². The van der Waals surface area contributed by atoms with Gasteiger partial charge in [-0.3, -0.25) is 0 Å². The van der Waals surface area contributed by atoms with Crippen LogP contribution in [0.25, 0.3) is 0 Å².